The molecule has 7 heteroatoms. The Morgan fingerprint density at radius 2 is 2.11 bits per heavy atom. The second kappa shape index (κ2) is 4.75. The first-order valence-corrected chi connectivity index (χ1v) is 7.31. The van der Waals surface area contributed by atoms with Gasteiger partial charge in [-0.25, -0.2) is 8.42 Å². The molecule has 1 aromatic rings. The number of fused-ring (bicyclic) bond motifs is 1. The molecule has 0 spiro atoms. The number of Topliss-reactive ketones (excluding diaryl/α,β-unsaturated/α-hetero) is 1. The Kier molecular flexibility index (Phi) is 3.42. The number of anilines is 1. The molecule has 1 amide bonds. The third kappa shape index (κ3) is 2.39. The summed E-state index contributed by atoms with van der Waals surface area (Å²) in [5.74, 6) is -1.46. The number of carbonyl (C=O) groups is 2. The summed E-state index contributed by atoms with van der Waals surface area (Å²) < 4.78 is 24.0. The van der Waals surface area contributed by atoms with E-state index in [1.807, 2.05) is 0 Å². The lowest BCUT2D eigenvalue weighted by molar-refractivity contribution is -0.116. The van der Waals surface area contributed by atoms with E-state index in [0.29, 0.717) is 0 Å². The van der Waals surface area contributed by atoms with Gasteiger partial charge in [0.25, 0.3) is 0 Å². The van der Waals surface area contributed by atoms with Gasteiger partial charge in [-0.05, 0) is 25.1 Å². The van der Waals surface area contributed by atoms with Crippen LogP contribution in [0.15, 0.2) is 23.1 Å². The molecule has 0 unspecified atom stereocenters. The van der Waals surface area contributed by atoms with Gasteiger partial charge in [0, 0.05) is 12.1 Å². The van der Waals surface area contributed by atoms with Crippen LogP contribution in [-0.4, -0.2) is 44.1 Å². The third-order valence-electron chi connectivity index (χ3n) is 2.93. The van der Waals surface area contributed by atoms with E-state index >= 15 is 0 Å². The first kappa shape index (κ1) is 13.7. The van der Waals surface area contributed by atoms with Gasteiger partial charge in [-0.2, -0.15) is 0 Å². The Morgan fingerprint density at radius 1 is 1.42 bits per heavy atom. The van der Waals surface area contributed by atoms with Crippen LogP contribution in [-0.2, 0) is 14.6 Å². The number of carbonyl (C=O) groups excluding carboxylic acids is 2. The van der Waals surface area contributed by atoms with Gasteiger partial charge in [-0.1, -0.05) is 0 Å². The normalized spacial score (nSPS) is 17.2. The van der Waals surface area contributed by atoms with Gasteiger partial charge < -0.3 is 10.0 Å². The zero-order valence-electron chi connectivity index (χ0n) is 10.3. The van der Waals surface area contributed by atoms with Crippen LogP contribution in [0.1, 0.15) is 17.3 Å². The lowest BCUT2D eigenvalue weighted by atomic mass is 10.1. The number of hydrogen-bond donors (Lipinski definition) is 1. The zero-order valence-corrected chi connectivity index (χ0v) is 11.1. The van der Waals surface area contributed by atoms with E-state index in [9.17, 15) is 18.0 Å². The fraction of sp³-hybridized carbons (Fsp3) is 0.333. The number of aliphatic hydroxyl groups is 1. The van der Waals surface area contributed by atoms with Crippen LogP contribution in [0, 0.1) is 0 Å². The highest BCUT2D eigenvalue weighted by Crippen LogP contribution is 2.31. The summed E-state index contributed by atoms with van der Waals surface area (Å²) >= 11 is 0. The number of β-amino-alcohol motifs (C(OH)–C–C–N with tert-alkyl or cyclic N) is 1. The number of aliphatic hydroxyl groups excluding tert-OH is 1. The average Bonchev–Trinajstić information content (AvgIpc) is 2.33. The van der Waals surface area contributed by atoms with Gasteiger partial charge in [-0.3, -0.25) is 9.59 Å². The van der Waals surface area contributed by atoms with Crippen molar-refractivity contribution in [3.8, 4) is 0 Å². The third-order valence-corrected chi connectivity index (χ3v) is 4.55. The number of benzene rings is 1. The van der Waals surface area contributed by atoms with Gasteiger partial charge in [0.05, 0.1) is 17.2 Å². The quantitative estimate of drug-likeness (QED) is 0.788. The van der Waals surface area contributed by atoms with Crippen molar-refractivity contribution in [3.63, 3.8) is 0 Å². The molecule has 0 fully saturated rings. The van der Waals surface area contributed by atoms with Crippen molar-refractivity contribution in [1.29, 1.82) is 0 Å². The van der Waals surface area contributed by atoms with Crippen molar-refractivity contribution >= 4 is 27.2 Å². The number of rotatable bonds is 3. The minimum Gasteiger partial charge on any atom is -0.395 e. The molecule has 0 atom stereocenters. The molecule has 6 nitrogen and oxygen atoms in total. The maximum atomic E-state index is 12.0. The Labute approximate surface area is 110 Å². The molecule has 2 rings (SSSR count). The molecular formula is C12H13NO5S. The molecule has 1 aromatic carbocycles. The second-order valence-electron chi connectivity index (χ2n) is 4.27. The predicted octanol–water partition coefficient (Wildman–Crippen LogP) is 0.00180. The van der Waals surface area contributed by atoms with Crippen molar-refractivity contribution in [2.75, 3.05) is 23.8 Å². The summed E-state index contributed by atoms with van der Waals surface area (Å²) in [5.41, 5.74) is 0.496. The molecule has 102 valence electrons. The van der Waals surface area contributed by atoms with Gasteiger partial charge in [0.2, 0.25) is 5.91 Å². The first-order chi connectivity index (χ1) is 8.86. The van der Waals surface area contributed by atoms with E-state index in [2.05, 4.69) is 0 Å². The summed E-state index contributed by atoms with van der Waals surface area (Å²) in [5, 5.41) is 8.94. The standard InChI is InChI=1S/C12H13NO5S/c1-8(15)9-2-3-10-11(6-9)19(17,18)7-12(16)13(10)4-5-14/h2-3,6,14H,4-5,7H2,1H3. The minimum absolute atomic E-state index is 0.0285. The monoisotopic (exact) mass is 283 g/mol. The second-order valence-corrected chi connectivity index (χ2v) is 6.22. The van der Waals surface area contributed by atoms with Crippen molar-refractivity contribution < 1.29 is 23.1 Å². The lowest BCUT2D eigenvalue weighted by Gasteiger charge is -2.28. The zero-order chi connectivity index (χ0) is 14.2. The molecular weight excluding hydrogens is 270 g/mol. The molecule has 19 heavy (non-hydrogen) atoms. The minimum atomic E-state index is -3.72. The fourth-order valence-corrected chi connectivity index (χ4v) is 3.44. The molecule has 0 saturated heterocycles. The maximum Gasteiger partial charge on any atom is 0.242 e. The lowest BCUT2D eigenvalue weighted by Crippen LogP contribution is -2.42. The molecule has 0 bridgehead atoms. The Bertz CT molecular complexity index is 650. The Morgan fingerprint density at radius 3 is 2.68 bits per heavy atom. The number of ketones is 1. The SMILES string of the molecule is CC(=O)c1ccc2c(c1)S(=O)(=O)CC(=O)N2CCO. The molecule has 1 aliphatic rings. The number of nitrogens with zero attached hydrogens (tertiary/aromatic N) is 1. The molecule has 0 aliphatic carbocycles. The maximum absolute atomic E-state index is 12.0. The summed E-state index contributed by atoms with van der Waals surface area (Å²) in [6.45, 7) is 1.11. The van der Waals surface area contributed by atoms with Crippen molar-refractivity contribution in [2.24, 2.45) is 0 Å². The summed E-state index contributed by atoms with van der Waals surface area (Å²) in [7, 11) is -3.72. The van der Waals surface area contributed by atoms with Gasteiger partial charge in [-0.15, -0.1) is 0 Å². The van der Waals surface area contributed by atoms with E-state index in [0.717, 1.165) is 0 Å². The van der Waals surface area contributed by atoms with Crippen molar-refractivity contribution in [3.05, 3.63) is 23.8 Å². The predicted molar refractivity (Wildman–Crippen MR) is 67.9 cm³/mol. The van der Waals surface area contributed by atoms with Crippen molar-refractivity contribution in [1.82, 2.24) is 0 Å². The molecule has 0 radical (unpaired) electrons. The number of hydrogen-bond acceptors (Lipinski definition) is 5. The molecule has 0 saturated carbocycles. The van der Waals surface area contributed by atoms with Crippen LogP contribution in [0.3, 0.4) is 0 Å². The van der Waals surface area contributed by atoms with E-state index in [1.54, 1.807) is 0 Å². The smallest absolute Gasteiger partial charge is 0.242 e. The van der Waals surface area contributed by atoms with Crippen LogP contribution in [0.25, 0.3) is 0 Å². The fourth-order valence-electron chi connectivity index (χ4n) is 2.00. The highest BCUT2D eigenvalue weighted by atomic mass is 32.2. The highest BCUT2D eigenvalue weighted by molar-refractivity contribution is 7.92. The molecule has 1 heterocycles. The van der Waals surface area contributed by atoms with Crippen LogP contribution in [0.2, 0.25) is 0 Å². The molecule has 0 aromatic heterocycles. The molecule has 1 aliphatic heterocycles. The van der Waals surface area contributed by atoms with Gasteiger partial charge in [0.1, 0.15) is 5.75 Å². The van der Waals surface area contributed by atoms with Crippen LogP contribution in [0.5, 0.6) is 0 Å². The van der Waals surface area contributed by atoms with Crippen molar-refractivity contribution in [2.45, 2.75) is 11.8 Å². The number of amides is 1. The first-order valence-electron chi connectivity index (χ1n) is 5.66. The van der Waals surface area contributed by atoms with Crippen LogP contribution in [0.4, 0.5) is 5.69 Å². The van der Waals surface area contributed by atoms with E-state index in [1.165, 1.54) is 30.0 Å². The van der Waals surface area contributed by atoms with E-state index in [-0.39, 0.29) is 35.1 Å². The van der Waals surface area contributed by atoms with Crippen LogP contribution >= 0.6 is 0 Å². The van der Waals surface area contributed by atoms with Crippen LogP contribution < -0.4 is 4.90 Å². The average molecular weight is 283 g/mol. The molecule has 1 N–H and O–H groups in total. The summed E-state index contributed by atoms with van der Waals surface area (Å²) in [4.78, 5) is 24.2. The van der Waals surface area contributed by atoms with Gasteiger partial charge in [0.15, 0.2) is 15.6 Å². The van der Waals surface area contributed by atoms with Gasteiger partial charge >= 0.3 is 0 Å². The highest BCUT2D eigenvalue weighted by Gasteiger charge is 2.34. The summed E-state index contributed by atoms with van der Waals surface area (Å²) in [6, 6.07) is 4.18. The number of sulfone groups is 1. The van der Waals surface area contributed by atoms with E-state index < -0.39 is 21.5 Å². The Hall–Kier alpha value is -1.73. The largest absolute Gasteiger partial charge is 0.395 e. The topological polar surface area (TPSA) is 91.8 Å². The summed E-state index contributed by atoms with van der Waals surface area (Å²) in [6.07, 6.45) is 0. The Balaban J connectivity index is 2.64. The van der Waals surface area contributed by atoms with E-state index in [4.69, 9.17) is 5.11 Å².